The van der Waals surface area contributed by atoms with Crippen LogP contribution in [0.2, 0.25) is 0 Å². The van der Waals surface area contributed by atoms with Gasteiger partial charge in [0.2, 0.25) is 5.95 Å². The Hall–Kier alpha value is -3.23. The first-order valence-electron chi connectivity index (χ1n) is 8.58. The van der Waals surface area contributed by atoms with E-state index in [4.69, 9.17) is 0 Å². The number of nitrogens with zero attached hydrogens (tertiary/aromatic N) is 6. The molecule has 3 aromatic heterocycles. The Balaban J connectivity index is 1.65. The molecular weight excluding hydrogens is 351 g/mol. The molecule has 0 aliphatic carbocycles. The number of rotatable bonds is 2. The molecule has 1 aliphatic rings. The average molecular weight is 370 g/mol. The van der Waals surface area contributed by atoms with Gasteiger partial charge in [0.1, 0.15) is 17.2 Å². The molecule has 4 heterocycles. The largest absolute Gasteiger partial charge is 0.343 e. The fourth-order valence-electron chi connectivity index (χ4n) is 3.37. The first-order valence-corrected chi connectivity index (χ1v) is 8.58. The van der Waals surface area contributed by atoms with Crippen molar-refractivity contribution < 1.29 is 14.0 Å². The van der Waals surface area contributed by atoms with Gasteiger partial charge in [-0.05, 0) is 19.1 Å². The van der Waals surface area contributed by atoms with Gasteiger partial charge in [0.05, 0.1) is 12.2 Å². The van der Waals surface area contributed by atoms with E-state index in [9.17, 15) is 14.0 Å². The molecule has 0 saturated heterocycles. The van der Waals surface area contributed by atoms with Crippen LogP contribution in [0, 0.1) is 12.9 Å². The third-order valence-electron chi connectivity index (χ3n) is 4.72. The number of carbonyl (C=O) groups excluding carboxylic acids is 2. The highest BCUT2D eigenvalue weighted by Gasteiger charge is 2.31. The monoisotopic (exact) mass is 370 g/mol. The summed E-state index contributed by atoms with van der Waals surface area (Å²) in [5, 5.41) is 0. The van der Waals surface area contributed by atoms with Crippen LogP contribution in [0.15, 0.2) is 24.4 Å². The van der Waals surface area contributed by atoms with E-state index in [0.717, 1.165) is 0 Å². The summed E-state index contributed by atoms with van der Waals surface area (Å²) in [6.07, 6.45) is 1.53. The van der Waals surface area contributed by atoms with Crippen LogP contribution in [-0.2, 0) is 13.1 Å². The number of aryl methyl sites for hydroxylation is 1. The minimum atomic E-state index is -0.677. The Morgan fingerprint density at radius 1 is 1.19 bits per heavy atom. The molecule has 4 rings (SSSR count). The predicted molar refractivity (Wildman–Crippen MR) is 94.9 cm³/mol. The van der Waals surface area contributed by atoms with Gasteiger partial charge in [0.15, 0.2) is 5.69 Å². The molecule has 1 aliphatic heterocycles. The normalized spacial score (nSPS) is 13.7. The molecule has 8 nitrogen and oxygen atoms in total. The summed E-state index contributed by atoms with van der Waals surface area (Å²) in [6.45, 7) is 2.75. The van der Waals surface area contributed by atoms with E-state index >= 15 is 0 Å². The summed E-state index contributed by atoms with van der Waals surface area (Å²) in [5.41, 5.74) is 1.33. The molecular formula is C18H19FN6O2. The second-order valence-electron chi connectivity index (χ2n) is 6.72. The van der Waals surface area contributed by atoms with Crippen LogP contribution in [0.3, 0.4) is 0 Å². The number of aromatic nitrogens is 4. The molecule has 0 radical (unpaired) electrons. The number of pyridine rings is 1. The van der Waals surface area contributed by atoms with Gasteiger partial charge in [-0.1, -0.05) is 6.07 Å². The number of hydrogen-bond acceptors (Lipinski definition) is 4. The van der Waals surface area contributed by atoms with Crippen molar-refractivity contribution in [2.24, 2.45) is 0 Å². The van der Waals surface area contributed by atoms with Gasteiger partial charge >= 0.3 is 0 Å². The van der Waals surface area contributed by atoms with Crippen LogP contribution in [0.25, 0.3) is 5.65 Å². The van der Waals surface area contributed by atoms with Gasteiger partial charge in [-0.25, -0.2) is 9.97 Å². The quantitative estimate of drug-likeness (QED) is 0.682. The molecule has 0 bridgehead atoms. The third-order valence-corrected chi connectivity index (χ3v) is 4.72. The number of imidazole rings is 2. The molecule has 3 aromatic rings. The molecule has 0 atom stereocenters. The van der Waals surface area contributed by atoms with Crippen LogP contribution >= 0.6 is 0 Å². The zero-order chi connectivity index (χ0) is 19.3. The maximum atomic E-state index is 14.6. The van der Waals surface area contributed by atoms with Gasteiger partial charge in [0.25, 0.3) is 11.8 Å². The van der Waals surface area contributed by atoms with E-state index in [0.29, 0.717) is 35.9 Å². The summed E-state index contributed by atoms with van der Waals surface area (Å²) in [6, 6.07) is 5.06. The lowest BCUT2D eigenvalue weighted by molar-refractivity contribution is 0.0693. The SMILES string of the molecule is Cc1nc2n(c1C(=O)N(C)C)CCN(C(=O)c1nc3ccccn3c1F)C2. The topological polar surface area (TPSA) is 75.7 Å². The zero-order valence-corrected chi connectivity index (χ0v) is 15.3. The van der Waals surface area contributed by atoms with E-state index in [1.54, 1.807) is 39.2 Å². The van der Waals surface area contributed by atoms with E-state index in [1.165, 1.54) is 20.4 Å². The van der Waals surface area contributed by atoms with Crippen molar-refractivity contribution in [1.82, 2.24) is 28.7 Å². The zero-order valence-electron chi connectivity index (χ0n) is 15.3. The highest BCUT2D eigenvalue weighted by molar-refractivity contribution is 5.94. The molecule has 9 heteroatoms. The van der Waals surface area contributed by atoms with Crippen molar-refractivity contribution in [1.29, 1.82) is 0 Å². The number of hydrogen-bond donors (Lipinski definition) is 0. The van der Waals surface area contributed by atoms with Crippen molar-refractivity contribution in [3.05, 3.63) is 53.2 Å². The Morgan fingerprint density at radius 2 is 1.96 bits per heavy atom. The molecule has 0 spiro atoms. The predicted octanol–water partition coefficient (Wildman–Crippen LogP) is 1.34. The van der Waals surface area contributed by atoms with Crippen LogP contribution in [0.1, 0.15) is 32.5 Å². The second-order valence-corrected chi connectivity index (χ2v) is 6.72. The molecule has 0 fully saturated rings. The standard InChI is InChI=1S/C18H19FN6O2/c1-11-15(18(27)22(2)3)24-9-8-23(10-13(24)20-11)17(26)14-16(19)25-7-5-4-6-12(25)21-14/h4-7H,8-10H2,1-3H3. The minimum absolute atomic E-state index is 0.127. The lowest BCUT2D eigenvalue weighted by atomic mass is 10.2. The van der Waals surface area contributed by atoms with E-state index in [1.807, 2.05) is 4.57 Å². The Bertz CT molecular complexity index is 1070. The van der Waals surface area contributed by atoms with Crippen molar-refractivity contribution in [2.75, 3.05) is 20.6 Å². The summed E-state index contributed by atoms with van der Waals surface area (Å²) < 4.78 is 17.7. The summed E-state index contributed by atoms with van der Waals surface area (Å²) >= 11 is 0. The Kier molecular flexibility index (Phi) is 3.94. The van der Waals surface area contributed by atoms with Gasteiger partial charge in [-0.3, -0.25) is 14.0 Å². The van der Waals surface area contributed by atoms with Crippen molar-refractivity contribution >= 4 is 17.5 Å². The number of fused-ring (bicyclic) bond motifs is 2. The third kappa shape index (κ3) is 2.66. The lowest BCUT2D eigenvalue weighted by Crippen LogP contribution is -2.40. The average Bonchev–Trinajstić information content (AvgIpc) is 3.16. The van der Waals surface area contributed by atoms with Gasteiger partial charge < -0.3 is 14.4 Å². The van der Waals surface area contributed by atoms with Crippen molar-refractivity contribution in [3.8, 4) is 0 Å². The second kappa shape index (κ2) is 6.19. The number of amides is 2. The van der Waals surface area contributed by atoms with Crippen molar-refractivity contribution in [2.45, 2.75) is 20.0 Å². The fraction of sp³-hybridized carbons (Fsp3) is 0.333. The Morgan fingerprint density at radius 3 is 2.67 bits per heavy atom. The van der Waals surface area contributed by atoms with Gasteiger partial charge in [0, 0.05) is 33.4 Å². The molecule has 0 N–H and O–H groups in total. The van der Waals surface area contributed by atoms with Gasteiger partial charge in [-0.2, -0.15) is 4.39 Å². The van der Waals surface area contributed by atoms with Crippen molar-refractivity contribution in [3.63, 3.8) is 0 Å². The van der Waals surface area contributed by atoms with E-state index in [2.05, 4.69) is 9.97 Å². The van der Waals surface area contributed by atoms with Crippen LogP contribution in [0.4, 0.5) is 4.39 Å². The summed E-state index contributed by atoms with van der Waals surface area (Å²) in [7, 11) is 3.37. The van der Waals surface area contributed by atoms with Crippen LogP contribution in [-0.4, -0.2) is 61.2 Å². The highest BCUT2D eigenvalue weighted by Crippen LogP contribution is 2.21. The smallest absolute Gasteiger partial charge is 0.277 e. The molecule has 0 aromatic carbocycles. The first kappa shape index (κ1) is 17.2. The van der Waals surface area contributed by atoms with Crippen LogP contribution < -0.4 is 0 Å². The molecule has 27 heavy (non-hydrogen) atoms. The summed E-state index contributed by atoms with van der Waals surface area (Å²) in [4.78, 5) is 36.8. The maximum Gasteiger partial charge on any atom is 0.277 e. The number of halogens is 1. The molecule has 0 unspecified atom stereocenters. The molecule has 0 saturated carbocycles. The molecule has 2 amide bonds. The van der Waals surface area contributed by atoms with Gasteiger partial charge in [-0.15, -0.1) is 0 Å². The van der Waals surface area contributed by atoms with Crippen LogP contribution in [0.5, 0.6) is 0 Å². The lowest BCUT2D eigenvalue weighted by Gasteiger charge is -2.28. The van der Waals surface area contributed by atoms with E-state index < -0.39 is 11.9 Å². The summed E-state index contributed by atoms with van der Waals surface area (Å²) in [5.74, 6) is -0.674. The highest BCUT2D eigenvalue weighted by atomic mass is 19.1. The van der Waals surface area contributed by atoms with E-state index in [-0.39, 0.29) is 18.1 Å². The maximum absolute atomic E-state index is 14.6. The molecule has 140 valence electrons. The Labute approximate surface area is 154 Å². The number of carbonyl (C=O) groups is 2. The first-order chi connectivity index (χ1) is 12.9. The fourth-order valence-corrected chi connectivity index (χ4v) is 3.37. The minimum Gasteiger partial charge on any atom is -0.343 e.